The smallest absolute Gasteiger partial charge is 0.338 e. The molecule has 0 atom stereocenters. The Hall–Kier alpha value is -2.87. The number of ether oxygens (including phenoxy) is 1. The number of fused-ring (bicyclic) bond motifs is 1. The van der Waals surface area contributed by atoms with E-state index in [2.05, 4.69) is 5.32 Å². The highest BCUT2D eigenvalue weighted by atomic mass is 32.2. The molecule has 3 rings (SSSR count). The average molecular weight is 402 g/mol. The second-order valence-corrected chi connectivity index (χ2v) is 8.73. The molecule has 7 nitrogen and oxygen atoms in total. The zero-order chi connectivity index (χ0) is 20.5. The Morgan fingerprint density at radius 2 is 1.82 bits per heavy atom. The van der Waals surface area contributed by atoms with Crippen LogP contribution in [0.15, 0.2) is 36.4 Å². The van der Waals surface area contributed by atoms with E-state index in [9.17, 15) is 18.0 Å². The van der Waals surface area contributed by atoms with Crippen LogP contribution in [-0.4, -0.2) is 39.7 Å². The standard InChI is InChI=1S/C20H22N2O5S/c1-13-5-4-6-14(2)19(13)21-18(23)12-27-20(24)16-7-8-17-15(11-16)9-10-22(17)28(3,25)26/h4-8,11H,9-10,12H2,1-3H3,(H,21,23). The highest BCUT2D eigenvalue weighted by Crippen LogP contribution is 2.30. The van der Waals surface area contributed by atoms with Crippen LogP contribution >= 0.6 is 0 Å². The van der Waals surface area contributed by atoms with Gasteiger partial charge in [0, 0.05) is 12.2 Å². The molecule has 0 bridgehead atoms. The Kier molecular flexibility index (Phi) is 5.42. The number of carbonyl (C=O) groups is 2. The zero-order valence-electron chi connectivity index (χ0n) is 16.0. The van der Waals surface area contributed by atoms with Crippen LogP contribution in [0.1, 0.15) is 27.0 Å². The number of carbonyl (C=O) groups excluding carboxylic acids is 2. The second kappa shape index (κ2) is 7.63. The molecule has 0 fully saturated rings. The van der Waals surface area contributed by atoms with E-state index in [-0.39, 0.29) is 5.56 Å². The van der Waals surface area contributed by atoms with E-state index in [1.54, 1.807) is 12.1 Å². The molecule has 1 amide bonds. The maximum Gasteiger partial charge on any atom is 0.338 e. The maximum absolute atomic E-state index is 12.3. The summed E-state index contributed by atoms with van der Waals surface area (Å²) in [4.78, 5) is 24.4. The van der Waals surface area contributed by atoms with Gasteiger partial charge in [-0.3, -0.25) is 9.10 Å². The van der Waals surface area contributed by atoms with E-state index in [4.69, 9.17) is 4.74 Å². The van der Waals surface area contributed by atoms with Crippen LogP contribution in [0.4, 0.5) is 11.4 Å². The van der Waals surface area contributed by atoms with Gasteiger partial charge in [0.25, 0.3) is 5.91 Å². The van der Waals surface area contributed by atoms with Gasteiger partial charge in [-0.25, -0.2) is 13.2 Å². The van der Waals surface area contributed by atoms with Crippen molar-refractivity contribution in [2.24, 2.45) is 0 Å². The van der Waals surface area contributed by atoms with Gasteiger partial charge in [-0.15, -0.1) is 0 Å². The molecule has 1 N–H and O–H groups in total. The number of para-hydroxylation sites is 1. The molecule has 0 unspecified atom stereocenters. The number of anilines is 2. The molecule has 0 saturated carbocycles. The molecule has 0 spiro atoms. The van der Waals surface area contributed by atoms with Crippen molar-refractivity contribution in [1.82, 2.24) is 0 Å². The predicted octanol–water partition coefficient (Wildman–Crippen LogP) is 2.42. The molecule has 2 aromatic carbocycles. The van der Waals surface area contributed by atoms with Crippen molar-refractivity contribution >= 4 is 33.3 Å². The molecule has 0 aliphatic carbocycles. The minimum Gasteiger partial charge on any atom is -0.452 e. The molecule has 0 saturated heterocycles. The van der Waals surface area contributed by atoms with Crippen LogP contribution in [0.25, 0.3) is 0 Å². The molecule has 1 heterocycles. The summed E-state index contributed by atoms with van der Waals surface area (Å²) in [6.07, 6.45) is 1.68. The van der Waals surface area contributed by atoms with Gasteiger partial charge in [0.2, 0.25) is 10.0 Å². The molecule has 148 valence electrons. The van der Waals surface area contributed by atoms with Crippen molar-refractivity contribution < 1.29 is 22.7 Å². The van der Waals surface area contributed by atoms with Crippen LogP contribution < -0.4 is 9.62 Å². The first-order valence-corrected chi connectivity index (χ1v) is 10.7. The second-order valence-electron chi connectivity index (χ2n) is 6.82. The molecular formula is C20H22N2O5S. The van der Waals surface area contributed by atoms with E-state index >= 15 is 0 Å². The normalized spacial score (nSPS) is 13.2. The number of nitrogens with zero attached hydrogens (tertiary/aromatic N) is 1. The number of hydrogen-bond acceptors (Lipinski definition) is 5. The molecule has 1 aliphatic heterocycles. The SMILES string of the molecule is Cc1cccc(C)c1NC(=O)COC(=O)c1ccc2c(c1)CCN2S(C)(=O)=O. The van der Waals surface area contributed by atoms with E-state index in [1.807, 2.05) is 32.0 Å². The van der Waals surface area contributed by atoms with E-state index in [0.29, 0.717) is 24.3 Å². The van der Waals surface area contributed by atoms with Crippen molar-refractivity contribution in [1.29, 1.82) is 0 Å². The minimum atomic E-state index is -3.34. The number of rotatable bonds is 5. The van der Waals surface area contributed by atoms with Crippen LogP contribution in [0, 0.1) is 13.8 Å². The third kappa shape index (κ3) is 4.17. The van der Waals surface area contributed by atoms with Gasteiger partial charge in [0.05, 0.1) is 17.5 Å². The van der Waals surface area contributed by atoms with Gasteiger partial charge in [-0.1, -0.05) is 18.2 Å². The van der Waals surface area contributed by atoms with Crippen molar-refractivity contribution in [3.63, 3.8) is 0 Å². The van der Waals surface area contributed by atoms with E-state index < -0.39 is 28.5 Å². The maximum atomic E-state index is 12.3. The Morgan fingerprint density at radius 3 is 2.46 bits per heavy atom. The molecule has 28 heavy (non-hydrogen) atoms. The summed E-state index contributed by atoms with van der Waals surface area (Å²) >= 11 is 0. The molecule has 0 aromatic heterocycles. The van der Waals surface area contributed by atoms with Crippen LogP contribution in [0.2, 0.25) is 0 Å². The van der Waals surface area contributed by atoms with Gasteiger partial charge >= 0.3 is 5.97 Å². The number of benzene rings is 2. The quantitative estimate of drug-likeness (QED) is 0.776. The average Bonchev–Trinajstić information content (AvgIpc) is 3.06. The number of esters is 1. The lowest BCUT2D eigenvalue weighted by Gasteiger charge is -2.16. The molecule has 2 aromatic rings. The van der Waals surface area contributed by atoms with Crippen molar-refractivity contribution in [2.45, 2.75) is 20.3 Å². The largest absolute Gasteiger partial charge is 0.452 e. The summed E-state index contributed by atoms with van der Waals surface area (Å²) in [7, 11) is -3.34. The van der Waals surface area contributed by atoms with Crippen LogP contribution in [0.5, 0.6) is 0 Å². The third-order valence-corrected chi connectivity index (χ3v) is 5.83. The predicted molar refractivity (Wildman–Crippen MR) is 107 cm³/mol. The Balaban J connectivity index is 1.64. The van der Waals surface area contributed by atoms with Gasteiger partial charge < -0.3 is 10.1 Å². The summed E-state index contributed by atoms with van der Waals surface area (Å²) in [5, 5.41) is 2.76. The van der Waals surface area contributed by atoms with Crippen molar-refractivity contribution in [3.8, 4) is 0 Å². The Labute approximate surface area is 164 Å². The van der Waals surface area contributed by atoms with Gasteiger partial charge in [0.15, 0.2) is 6.61 Å². The topological polar surface area (TPSA) is 92.8 Å². The number of sulfonamides is 1. The van der Waals surface area contributed by atoms with Gasteiger partial charge in [-0.2, -0.15) is 0 Å². The number of nitrogens with one attached hydrogen (secondary N) is 1. The summed E-state index contributed by atoms with van der Waals surface area (Å²) in [5.74, 6) is -1.05. The first kappa shape index (κ1) is 19.9. The highest BCUT2D eigenvalue weighted by molar-refractivity contribution is 7.92. The summed E-state index contributed by atoms with van der Waals surface area (Å²) in [6.45, 7) is 3.72. The fraction of sp³-hybridized carbons (Fsp3) is 0.300. The Bertz CT molecular complexity index is 1030. The third-order valence-electron chi connectivity index (χ3n) is 4.65. The van der Waals surface area contributed by atoms with Gasteiger partial charge in [0.1, 0.15) is 0 Å². The summed E-state index contributed by atoms with van der Waals surface area (Å²) in [5.41, 5.74) is 4.19. The number of hydrogen-bond donors (Lipinski definition) is 1. The van der Waals surface area contributed by atoms with Crippen LogP contribution in [-0.2, 0) is 26.0 Å². The monoisotopic (exact) mass is 402 g/mol. The number of aryl methyl sites for hydroxylation is 2. The van der Waals surface area contributed by atoms with E-state index in [0.717, 1.165) is 22.9 Å². The lowest BCUT2D eigenvalue weighted by molar-refractivity contribution is -0.119. The van der Waals surface area contributed by atoms with Gasteiger partial charge in [-0.05, 0) is 55.2 Å². The first-order chi connectivity index (χ1) is 13.2. The highest BCUT2D eigenvalue weighted by Gasteiger charge is 2.27. The molecule has 1 aliphatic rings. The lowest BCUT2D eigenvalue weighted by Crippen LogP contribution is -2.27. The lowest BCUT2D eigenvalue weighted by atomic mass is 10.1. The summed E-state index contributed by atoms with van der Waals surface area (Å²) < 4.78 is 30.0. The molecule has 8 heteroatoms. The Morgan fingerprint density at radius 1 is 1.14 bits per heavy atom. The molecule has 0 radical (unpaired) electrons. The minimum absolute atomic E-state index is 0.286. The summed E-state index contributed by atoms with van der Waals surface area (Å²) in [6, 6.07) is 10.4. The zero-order valence-corrected chi connectivity index (χ0v) is 16.8. The van der Waals surface area contributed by atoms with Crippen LogP contribution in [0.3, 0.4) is 0 Å². The number of amides is 1. The fourth-order valence-electron chi connectivity index (χ4n) is 3.24. The van der Waals surface area contributed by atoms with E-state index in [1.165, 1.54) is 10.4 Å². The first-order valence-electron chi connectivity index (χ1n) is 8.80. The van der Waals surface area contributed by atoms with Crippen molar-refractivity contribution in [3.05, 3.63) is 58.7 Å². The molecular weight excluding hydrogens is 380 g/mol. The fourth-order valence-corrected chi connectivity index (χ4v) is 4.20. The van der Waals surface area contributed by atoms with Crippen molar-refractivity contribution in [2.75, 3.05) is 29.0 Å².